The van der Waals surface area contributed by atoms with Crippen LogP contribution in [-0.4, -0.2) is 34.8 Å². The van der Waals surface area contributed by atoms with Gasteiger partial charge < -0.3 is 14.6 Å². The highest BCUT2D eigenvalue weighted by molar-refractivity contribution is 5.80. The number of hydrogen-bond acceptors (Lipinski definition) is 5. The Bertz CT molecular complexity index is 985. The summed E-state index contributed by atoms with van der Waals surface area (Å²) in [4.78, 5) is 15.5. The molecule has 0 spiro atoms. The Morgan fingerprint density at radius 3 is 2.44 bits per heavy atom. The first kappa shape index (κ1) is 17.8. The number of hydrogen-bond donors (Lipinski definition) is 2. The molecule has 1 aliphatic rings. The molecule has 2 heterocycles. The van der Waals surface area contributed by atoms with Crippen molar-refractivity contribution >= 4 is 11.0 Å². The van der Waals surface area contributed by atoms with Crippen molar-refractivity contribution in [2.24, 2.45) is 5.92 Å². The number of phenolic OH excluding ortho intramolecular Hbond substituents is 1. The van der Waals surface area contributed by atoms with Crippen LogP contribution in [0, 0.1) is 5.92 Å². The second-order valence-electron chi connectivity index (χ2n) is 7.18. The Balaban J connectivity index is 1.77. The number of benzene rings is 2. The maximum absolute atomic E-state index is 13.2. The molecular weight excluding hydrogens is 342 g/mol. The molecule has 140 valence electrons. The van der Waals surface area contributed by atoms with E-state index in [2.05, 4.69) is 4.90 Å². The standard InChI is InChI=1S/C22H23NO4/c24-14-15-9-11-23(12-10-15)13-19-21(26)18-3-1-2-4-20(18)27-22(19)16-5-7-17(25)8-6-16/h1-8,15,24-25H,9-14H2. The molecule has 0 radical (unpaired) electrons. The molecule has 0 unspecified atom stereocenters. The summed E-state index contributed by atoms with van der Waals surface area (Å²) in [6.07, 6.45) is 1.87. The number of rotatable bonds is 4. The average Bonchev–Trinajstić information content (AvgIpc) is 2.71. The highest BCUT2D eigenvalue weighted by atomic mass is 16.3. The monoisotopic (exact) mass is 365 g/mol. The molecule has 0 bridgehead atoms. The van der Waals surface area contributed by atoms with Gasteiger partial charge in [-0.3, -0.25) is 9.69 Å². The number of piperidine rings is 1. The molecule has 0 atom stereocenters. The van der Waals surface area contributed by atoms with E-state index in [4.69, 9.17) is 4.42 Å². The number of fused-ring (bicyclic) bond motifs is 1. The van der Waals surface area contributed by atoms with Crippen molar-refractivity contribution in [3.63, 3.8) is 0 Å². The predicted molar refractivity (Wildman–Crippen MR) is 105 cm³/mol. The zero-order valence-corrected chi connectivity index (χ0v) is 15.1. The molecular formula is C22H23NO4. The fraction of sp³-hybridized carbons (Fsp3) is 0.318. The number of aromatic hydroxyl groups is 1. The van der Waals surface area contributed by atoms with E-state index in [1.165, 1.54) is 0 Å². The Hall–Kier alpha value is -2.63. The largest absolute Gasteiger partial charge is 0.508 e. The first-order valence-corrected chi connectivity index (χ1v) is 9.33. The molecule has 1 saturated heterocycles. The van der Waals surface area contributed by atoms with Gasteiger partial charge in [-0.05, 0) is 68.2 Å². The molecule has 4 rings (SSSR count). The Morgan fingerprint density at radius 2 is 1.74 bits per heavy atom. The van der Waals surface area contributed by atoms with E-state index in [-0.39, 0.29) is 17.8 Å². The molecule has 27 heavy (non-hydrogen) atoms. The van der Waals surface area contributed by atoms with Crippen molar-refractivity contribution in [1.82, 2.24) is 4.90 Å². The van der Waals surface area contributed by atoms with Crippen LogP contribution in [0.25, 0.3) is 22.3 Å². The van der Waals surface area contributed by atoms with Gasteiger partial charge >= 0.3 is 0 Å². The fourth-order valence-electron chi connectivity index (χ4n) is 3.72. The van der Waals surface area contributed by atoms with E-state index in [1.54, 1.807) is 36.4 Å². The van der Waals surface area contributed by atoms with E-state index in [0.717, 1.165) is 31.5 Å². The average molecular weight is 365 g/mol. The van der Waals surface area contributed by atoms with Gasteiger partial charge in [0.15, 0.2) is 5.43 Å². The molecule has 2 N–H and O–H groups in total. The number of nitrogens with zero attached hydrogens (tertiary/aromatic N) is 1. The molecule has 5 heteroatoms. The van der Waals surface area contributed by atoms with Crippen LogP contribution in [0.1, 0.15) is 18.4 Å². The van der Waals surface area contributed by atoms with Gasteiger partial charge in [0, 0.05) is 18.7 Å². The maximum Gasteiger partial charge on any atom is 0.197 e. The third-order valence-corrected chi connectivity index (χ3v) is 5.37. The summed E-state index contributed by atoms with van der Waals surface area (Å²) in [5.41, 5.74) is 1.97. The Kier molecular flexibility index (Phi) is 4.97. The van der Waals surface area contributed by atoms with Crippen LogP contribution in [0.15, 0.2) is 57.7 Å². The molecule has 1 aromatic heterocycles. The Morgan fingerprint density at radius 1 is 1.04 bits per heavy atom. The van der Waals surface area contributed by atoms with Crippen LogP contribution in [0.5, 0.6) is 5.75 Å². The summed E-state index contributed by atoms with van der Waals surface area (Å²) in [5.74, 6) is 1.09. The van der Waals surface area contributed by atoms with Crippen molar-refractivity contribution in [1.29, 1.82) is 0 Å². The third-order valence-electron chi connectivity index (χ3n) is 5.37. The highest BCUT2D eigenvalue weighted by Gasteiger charge is 2.23. The van der Waals surface area contributed by atoms with E-state index >= 15 is 0 Å². The van der Waals surface area contributed by atoms with Gasteiger partial charge in [0.05, 0.1) is 10.9 Å². The van der Waals surface area contributed by atoms with E-state index < -0.39 is 0 Å². The van der Waals surface area contributed by atoms with Crippen molar-refractivity contribution in [3.8, 4) is 17.1 Å². The normalized spacial score (nSPS) is 16.0. The molecule has 0 amide bonds. The quantitative estimate of drug-likeness (QED) is 0.742. The lowest BCUT2D eigenvalue weighted by atomic mass is 9.97. The summed E-state index contributed by atoms with van der Waals surface area (Å²) in [6.45, 7) is 2.45. The topological polar surface area (TPSA) is 73.9 Å². The van der Waals surface area contributed by atoms with E-state index in [1.807, 2.05) is 12.1 Å². The van der Waals surface area contributed by atoms with Crippen LogP contribution in [0.2, 0.25) is 0 Å². The van der Waals surface area contributed by atoms with Crippen LogP contribution in [-0.2, 0) is 6.54 Å². The first-order valence-electron chi connectivity index (χ1n) is 9.33. The summed E-state index contributed by atoms with van der Waals surface area (Å²) < 4.78 is 6.14. The molecule has 1 aliphatic heterocycles. The van der Waals surface area contributed by atoms with Gasteiger partial charge in [-0.15, -0.1) is 0 Å². The number of likely N-dealkylation sites (tertiary alicyclic amines) is 1. The van der Waals surface area contributed by atoms with Crippen LogP contribution < -0.4 is 5.43 Å². The van der Waals surface area contributed by atoms with E-state index in [0.29, 0.717) is 34.8 Å². The molecule has 5 nitrogen and oxygen atoms in total. The van der Waals surface area contributed by atoms with Gasteiger partial charge in [-0.2, -0.15) is 0 Å². The molecule has 3 aromatic rings. The predicted octanol–water partition coefficient (Wildman–Crippen LogP) is 3.37. The second kappa shape index (κ2) is 7.55. The van der Waals surface area contributed by atoms with Crippen LogP contribution >= 0.6 is 0 Å². The fourth-order valence-corrected chi connectivity index (χ4v) is 3.72. The van der Waals surface area contributed by atoms with Gasteiger partial charge in [-0.1, -0.05) is 12.1 Å². The second-order valence-corrected chi connectivity index (χ2v) is 7.18. The summed E-state index contributed by atoms with van der Waals surface area (Å²) in [5, 5.41) is 19.5. The number of para-hydroxylation sites is 1. The highest BCUT2D eigenvalue weighted by Crippen LogP contribution is 2.29. The zero-order chi connectivity index (χ0) is 18.8. The molecule has 1 fully saturated rings. The summed E-state index contributed by atoms with van der Waals surface area (Å²) in [6, 6.07) is 14.0. The van der Waals surface area contributed by atoms with Crippen molar-refractivity contribution < 1.29 is 14.6 Å². The first-order chi connectivity index (χ1) is 13.2. The van der Waals surface area contributed by atoms with E-state index in [9.17, 15) is 15.0 Å². The lowest BCUT2D eigenvalue weighted by molar-refractivity contribution is 0.127. The summed E-state index contributed by atoms with van der Waals surface area (Å²) >= 11 is 0. The SMILES string of the molecule is O=c1c(CN2CCC(CO)CC2)c(-c2ccc(O)cc2)oc2ccccc12. The van der Waals surface area contributed by atoms with Gasteiger partial charge in [0.1, 0.15) is 17.1 Å². The third kappa shape index (κ3) is 3.61. The zero-order valence-electron chi connectivity index (χ0n) is 15.1. The molecule has 0 aliphatic carbocycles. The van der Waals surface area contributed by atoms with Crippen molar-refractivity contribution in [2.45, 2.75) is 19.4 Å². The minimum absolute atomic E-state index is 0.00999. The van der Waals surface area contributed by atoms with Gasteiger partial charge in [-0.25, -0.2) is 0 Å². The molecule has 2 aromatic carbocycles. The lowest BCUT2D eigenvalue weighted by Gasteiger charge is -2.31. The van der Waals surface area contributed by atoms with Crippen LogP contribution in [0.3, 0.4) is 0 Å². The van der Waals surface area contributed by atoms with Crippen molar-refractivity contribution in [3.05, 3.63) is 64.3 Å². The minimum Gasteiger partial charge on any atom is -0.508 e. The maximum atomic E-state index is 13.2. The van der Waals surface area contributed by atoms with Crippen LogP contribution in [0.4, 0.5) is 0 Å². The summed E-state index contributed by atoms with van der Waals surface area (Å²) in [7, 11) is 0. The van der Waals surface area contributed by atoms with Crippen molar-refractivity contribution in [2.75, 3.05) is 19.7 Å². The smallest absolute Gasteiger partial charge is 0.197 e. The molecule has 0 saturated carbocycles. The number of aliphatic hydroxyl groups is 1. The van der Waals surface area contributed by atoms with Gasteiger partial charge in [0.2, 0.25) is 0 Å². The lowest BCUT2D eigenvalue weighted by Crippen LogP contribution is -2.35. The minimum atomic E-state index is -0.00999. The Labute approximate surface area is 157 Å². The number of phenols is 1. The van der Waals surface area contributed by atoms with Gasteiger partial charge in [0.25, 0.3) is 0 Å². The number of aliphatic hydroxyl groups excluding tert-OH is 1.